The number of ether oxygens (including phenoxy) is 1. The molecule has 1 N–H and O–H groups in total. The molecule has 0 aliphatic carbocycles. The van der Waals surface area contributed by atoms with Crippen molar-refractivity contribution in [3.63, 3.8) is 0 Å². The number of amides is 1. The van der Waals surface area contributed by atoms with Crippen LogP contribution in [-0.4, -0.2) is 44.8 Å². The summed E-state index contributed by atoms with van der Waals surface area (Å²) in [6, 6.07) is 13.6. The zero-order chi connectivity index (χ0) is 20.9. The Morgan fingerprint density at radius 2 is 1.82 bits per heavy atom. The van der Waals surface area contributed by atoms with Gasteiger partial charge in [0.25, 0.3) is 5.91 Å². The van der Waals surface area contributed by atoms with Crippen molar-refractivity contribution in [1.82, 2.24) is 4.31 Å². The van der Waals surface area contributed by atoms with Gasteiger partial charge in [0.1, 0.15) is 0 Å². The van der Waals surface area contributed by atoms with Gasteiger partial charge in [0, 0.05) is 19.8 Å². The Balaban J connectivity index is 2.10. The van der Waals surface area contributed by atoms with Crippen LogP contribution in [0.15, 0.2) is 53.4 Å². The van der Waals surface area contributed by atoms with Crippen molar-refractivity contribution in [3.05, 3.63) is 59.7 Å². The average molecular weight is 401 g/mol. The van der Waals surface area contributed by atoms with Gasteiger partial charge in [0.05, 0.1) is 22.1 Å². The van der Waals surface area contributed by atoms with Gasteiger partial charge in [-0.05, 0) is 43.3 Å². The second-order valence-corrected chi connectivity index (χ2v) is 8.20. The van der Waals surface area contributed by atoms with Crippen molar-refractivity contribution in [2.75, 3.05) is 19.4 Å². The zero-order valence-corrected chi connectivity index (χ0v) is 16.4. The van der Waals surface area contributed by atoms with Crippen LogP contribution in [0.1, 0.15) is 22.8 Å². The Bertz CT molecular complexity index is 1040. The molecular formula is C19H19N3O5S. The Morgan fingerprint density at radius 1 is 1.14 bits per heavy atom. The summed E-state index contributed by atoms with van der Waals surface area (Å²) in [5.74, 6) is -1.41. The highest BCUT2D eigenvalue weighted by Crippen LogP contribution is 2.16. The Morgan fingerprint density at radius 3 is 2.46 bits per heavy atom. The number of sulfonamides is 1. The molecule has 0 spiro atoms. The van der Waals surface area contributed by atoms with Gasteiger partial charge in [-0.2, -0.15) is 5.26 Å². The van der Waals surface area contributed by atoms with E-state index in [4.69, 9.17) is 10.00 Å². The van der Waals surface area contributed by atoms with E-state index in [-0.39, 0.29) is 10.5 Å². The molecular weight excluding hydrogens is 382 g/mol. The third kappa shape index (κ3) is 4.94. The van der Waals surface area contributed by atoms with Crippen LogP contribution in [0.4, 0.5) is 5.69 Å². The molecule has 1 atom stereocenters. The standard InChI is InChI=1S/C19H19N3O5S/c1-13(18(23)21-16-8-4-6-14(10-16)12-20)27-19(24)15-7-5-9-17(11-15)28(25,26)22(2)3/h4-11,13H,1-3H3,(H,21,23)/t13-/m1/s1. The van der Waals surface area contributed by atoms with Gasteiger partial charge in [-0.1, -0.05) is 12.1 Å². The molecule has 0 unspecified atom stereocenters. The molecule has 0 fully saturated rings. The van der Waals surface area contributed by atoms with Crippen LogP contribution in [-0.2, 0) is 19.6 Å². The molecule has 0 radical (unpaired) electrons. The minimum atomic E-state index is -3.71. The van der Waals surface area contributed by atoms with Crippen molar-refractivity contribution < 1.29 is 22.7 Å². The summed E-state index contributed by atoms with van der Waals surface area (Å²) in [7, 11) is -0.939. The molecule has 28 heavy (non-hydrogen) atoms. The number of rotatable bonds is 6. The van der Waals surface area contributed by atoms with E-state index in [0.29, 0.717) is 11.3 Å². The van der Waals surface area contributed by atoms with E-state index in [1.54, 1.807) is 18.2 Å². The highest BCUT2D eigenvalue weighted by atomic mass is 32.2. The first-order valence-electron chi connectivity index (χ1n) is 8.19. The van der Waals surface area contributed by atoms with Crippen molar-refractivity contribution in [2.24, 2.45) is 0 Å². The average Bonchev–Trinajstić information content (AvgIpc) is 2.67. The molecule has 0 saturated carbocycles. The van der Waals surface area contributed by atoms with E-state index < -0.39 is 28.0 Å². The lowest BCUT2D eigenvalue weighted by molar-refractivity contribution is -0.123. The SMILES string of the molecule is C[C@@H](OC(=O)c1cccc(S(=O)(=O)N(C)C)c1)C(=O)Nc1cccc(C#N)c1. The number of carbonyl (C=O) groups is 2. The van der Waals surface area contributed by atoms with Crippen LogP contribution in [0, 0.1) is 11.3 Å². The first kappa shape index (κ1) is 21.1. The minimum absolute atomic E-state index is 0.00838. The molecule has 8 nitrogen and oxygen atoms in total. The van der Waals surface area contributed by atoms with Crippen LogP contribution < -0.4 is 5.32 Å². The summed E-state index contributed by atoms with van der Waals surface area (Å²) in [5, 5.41) is 11.4. The van der Waals surface area contributed by atoms with Crippen LogP contribution >= 0.6 is 0 Å². The quantitative estimate of drug-likeness (QED) is 0.740. The van der Waals surface area contributed by atoms with E-state index in [1.807, 2.05) is 6.07 Å². The fourth-order valence-electron chi connectivity index (χ4n) is 2.19. The maximum atomic E-state index is 12.3. The van der Waals surface area contributed by atoms with Crippen LogP contribution in [0.25, 0.3) is 0 Å². The van der Waals surface area contributed by atoms with Gasteiger partial charge in [0.15, 0.2) is 6.10 Å². The third-order valence-electron chi connectivity index (χ3n) is 3.76. The maximum Gasteiger partial charge on any atom is 0.338 e. The number of carbonyl (C=O) groups excluding carboxylic acids is 2. The topological polar surface area (TPSA) is 117 Å². The van der Waals surface area contributed by atoms with Gasteiger partial charge in [-0.25, -0.2) is 17.5 Å². The molecule has 2 rings (SSSR count). The Hall–Kier alpha value is -3.22. The molecule has 146 valence electrons. The molecule has 0 aliphatic rings. The highest BCUT2D eigenvalue weighted by Gasteiger charge is 2.22. The molecule has 2 aromatic carbocycles. The number of hydrogen-bond acceptors (Lipinski definition) is 6. The van der Waals surface area contributed by atoms with E-state index >= 15 is 0 Å². The number of anilines is 1. The number of hydrogen-bond donors (Lipinski definition) is 1. The molecule has 0 bridgehead atoms. The molecule has 2 aromatic rings. The third-order valence-corrected chi connectivity index (χ3v) is 5.57. The minimum Gasteiger partial charge on any atom is -0.449 e. The number of nitriles is 1. The normalized spacial score (nSPS) is 12.1. The summed E-state index contributed by atoms with van der Waals surface area (Å²) in [6.07, 6.45) is -1.13. The highest BCUT2D eigenvalue weighted by molar-refractivity contribution is 7.89. The number of nitrogens with one attached hydrogen (secondary N) is 1. The number of nitrogens with zero attached hydrogens (tertiary/aromatic N) is 2. The van der Waals surface area contributed by atoms with Crippen LogP contribution in [0.5, 0.6) is 0 Å². The van der Waals surface area contributed by atoms with Gasteiger partial charge in [-0.3, -0.25) is 4.79 Å². The molecule has 0 saturated heterocycles. The lowest BCUT2D eigenvalue weighted by Gasteiger charge is -2.15. The van der Waals surface area contributed by atoms with Gasteiger partial charge in [-0.15, -0.1) is 0 Å². The number of benzene rings is 2. The van der Waals surface area contributed by atoms with E-state index in [2.05, 4.69) is 5.32 Å². The van der Waals surface area contributed by atoms with E-state index in [1.165, 1.54) is 51.4 Å². The van der Waals surface area contributed by atoms with Gasteiger partial charge < -0.3 is 10.1 Å². The monoisotopic (exact) mass is 401 g/mol. The fourth-order valence-corrected chi connectivity index (χ4v) is 3.13. The summed E-state index contributed by atoms with van der Waals surface area (Å²) < 4.78 is 30.5. The van der Waals surface area contributed by atoms with Gasteiger partial charge in [0.2, 0.25) is 10.0 Å². The number of esters is 1. The van der Waals surface area contributed by atoms with Gasteiger partial charge >= 0.3 is 5.97 Å². The predicted octanol–water partition coefficient (Wildman–Crippen LogP) is 1.99. The first-order valence-corrected chi connectivity index (χ1v) is 9.63. The summed E-state index contributed by atoms with van der Waals surface area (Å²) in [5.41, 5.74) is 0.779. The van der Waals surface area contributed by atoms with E-state index in [0.717, 1.165) is 4.31 Å². The van der Waals surface area contributed by atoms with Crippen molar-refractivity contribution >= 4 is 27.6 Å². The molecule has 1 amide bonds. The first-order chi connectivity index (χ1) is 13.1. The Labute approximate surface area is 163 Å². The summed E-state index contributed by atoms with van der Waals surface area (Å²) in [4.78, 5) is 24.5. The lowest BCUT2D eigenvalue weighted by atomic mass is 10.2. The predicted molar refractivity (Wildman–Crippen MR) is 102 cm³/mol. The van der Waals surface area contributed by atoms with Crippen molar-refractivity contribution in [3.8, 4) is 6.07 Å². The molecule has 9 heteroatoms. The largest absolute Gasteiger partial charge is 0.449 e. The zero-order valence-electron chi connectivity index (χ0n) is 15.5. The van der Waals surface area contributed by atoms with Crippen LogP contribution in [0.3, 0.4) is 0 Å². The Kier molecular flexibility index (Phi) is 6.51. The smallest absolute Gasteiger partial charge is 0.338 e. The second kappa shape index (κ2) is 8.65. The second-order valence-electron chi connectivity index (χ2n) is 6.04. The van der Waals surface area contributed by atoms with Crippen molar-refractivity contribution in [2.45, 2.75) is 17.9 Å². The van der Waals surface area contributed by atoms with E-state index in [9.17, 15) is 18.0 Å². The lowest BCUT2D eigenvalue weighted by Crippen LogP contribution is -2.30. The van der Waals surface area contributed by atoms with Crippen LogP contribution in [0.2, 0.25) is 0 Å². The van der Waals surface area contributed by atoms with Crippen molar-refractivity contribution in [1.29, 1.82) is 5.26 Å². The molecule has 0 aliphatic heterocycles. The maximum absolute atomic E-state index is 12.3. The fraction of sp³-hybridized carbons (Fsp3) is 0.211. The molecule has 0 aromatic heterocycles. The summed E-state index contributed by atoms with van der Waals surface area (Å²) >= 11 is 0. The molecule has 0 heterocycles. The summed E-state index contributed by atoms with van der Waals surface area (Å²) in [6.45, 7) is 1.39.